The molecule has 0 saturated carbocycles. The molecule has 2 aromatic carbocycles. The Labute approximate surface area is 145 Å². The summed E-state index contributed by atoms with van der Waals surface area (Å²) in [6.45, 7) is 6.00. The van der Waals surface area contributed by atoms with Crippen molar-refractivity contribution in [1.29, 1.82) is 0 Å². The summed E-state index contributed by atoms with van der Waals surface area (Å²) in [5.74, 6) is 0. The summed E-state index contributed by atoms with van der Waals surface area (Å²) in [6.07, 6.45) is 0. The number of carbonyl (C=O) groups excluding carboxylic acids is 1. The van der Waals surface area contributed by atoms with E-state index in [-0.39, 0.29) is 6.03 Å². The maximum absolute atomic E-state index is 12.1. The molecule has 0 fully saturated rings. The molecule has 3 rings (SSSR count). The minimum absolute atomic E-state index is 0.251. The summed E-state index contributed by atoms with van der Waals surface area (Å²) in [6, 6.07) is 13.4. The molecule has 0 bridgehead atoms. The van der Waals surface area contributed by atoms with Crippen LogP contribution < -0.4 is 10.6 Å². The van der Waals surface area contributed by atoms with Crippen LogP contribution in [0.1, 0.15) is 16.1 Å². The molecule has 5 heteroatoms. The van der Waals surface area contributed by atoms with Crippen LogP contribution in [0.4, 0.5) is 16.2 Å². The van der Waals surface area contributed by atoms with Gasteiger partial charge in [-0.1, -0.05) is 29.8 Å². The minimum Gasteiger partial charge on any atom is -0.308 e. The molecular formula is C19H19N3OS. The zero-order valence-corrected chi connectivity index (χ0v) is 14.7. The summed E-state index contributed by atoms with van der Waals surface area (Å²) in [5.41, 5.74) is 5.77. The van der Waals surface area contributed by atoms with E-state index in [4.69, 9.17) is 0 Å². The first-order valence-electron chi connectivity index (χ1n) is 7.69. The average Bonchev–Trinajstić information content (AvgIpc) is 2.97. The second-order valence-corrected chi connectivity index (χ2v) is 6.79. The first-order chi connectivity index (χ1) is 11.5. The average molecular weight is 337 g/mol. The van der Waals surface area contributed by atoms with E-state index in [1.54, 1.807) is 11.3 Å². The van der Waals surface area contributed by atoms with Crippen molar-refractivity contribution < 1.29 is 4.79 Å². The molecule has 0 saturated heterocycles. The van der Waals surface area contributed by atoms with Crippen LogP contribution in [0.15, 0.2) is 47.8 Å². The van der Waals surface area contributed by atoms with E-state index in [1.807, 2.05) is 68.6 Å². The van der Waals surface area contributed by atoms with E-state index in [0.29, 0.717) is 0 Å². The lowest BCUT2D eigenvalue weighted by molar-refractivity contribution is 0.262. The number of aromatic nitrogens is 1. The third-order valence-electron chi connectivity index (χ3n) is 3.69. The molecule has 1 heterocycles. The van der Waals surface area contributed by atoms with Gasteiger partial charge in [0, 0.05) is 22.3 Å². The van der Waals surface area contributed by atoms with E-state index in [2.05, 4.69) is 15.6 Å². The largest absolute Gasteiger partial charge is 0.323 e. The molecule has 0 aliphatic carbocycles. The highest BCUT2D eigenvalue weighted by Crippen LogP contribution is 2.23. The van der Waals surface area contributed by atoms with Gasteiger partial charge in [0.1, 0.15) is 0 Å². The van der Waals surface area contributed by atoms with Crippen molar-refractivity contribution in [2.24, 2.45) is 0 Å². The second-order valence-electron chi connectivity index (χ2n) is 5.73. The number of hydrogen-bond acceptors (Lipinski definition) is 3. The number of hydrogen-bond donors (Lipinski definition) is 2. The molecule has 0 aliphatic rings. The van der Waals surface area contributed by atoms with Crippen LogP contribution in [0.5, 0.6) is 0 Å². The molecule has 0 unspecified atom stereocenters. The Kier molecular flexibility index (Phi) is 4.62. The topological polar surface area (TPSA) is 54.0 Å². The van der Waals surface area contributed by atoms with Gasteiger partial charge in [0.15, 0.2) is 0 Å². The van der Waals surface area contributed by atoms with Gasteiger partial charge >= 0.3 is 6.03 Å². The first-order valence-corrected chi connectivity index (χ1v) is 8.57. The van der Waals surface area contributed by atoms with E-state index in [9.17, 15) is 4.79 Å². The molecule has 0 radical (unpaired) electrons. The molecule has 122 valence electrons. The SMILES string of the molecule is Cc1ccc(NC(=O)Nc2ccc(-c3csc(C)n3)cc2)c(C)c1. The Hall–Kier alpha value is -2.66. The number of thiazole rings is 1. The Morgan fingerprint density at radius 3 is 2.38 bits per heavy atom. The van der Waals surface area contributed by atoms with Crippen LogP contribution in [0.2, 0.25) is 0 Å². The number of anilines is 2. The summed E-state index contributed by atoms with van der Waals surface area (Å²) < 4.78 is 0. The van der Waals surface area contributed by atoms with Crippen LogP contribution in [0.25, 0.3) is 11.3 Å². The Bertz CT molecular complexity index is 869. The summed E-state index contributed by atoms with van der Waals surface area (Å²) in [7, 11) is 0. The normalized spacial score (nSPS) is 10.5. The van der Waals surface area contributed by atoms with Gasteiger partial charge in [-0.05, 0) is 44.5 Å². The number of nitrogens with one attached hydrogen (secondary N) is 2. The lowest BCUT2D eigenvalue weighted by Gasteiger charge is -2.10. The molecule has 0 atom stereocenters. The highest BCUT2D eigenvalue weighted by Gasteiger charge is 2.06. The van der Waals surface area contributed by atoms with Gasteiger partial charge in [0.2, 0.25) is 0 Å². The van der Waals surface area contributed by atoms with Crippen molar-refractivity contribution in [3.05, 3.63) is 64.0 Å². The van der Waals surface area contributed by atoms with Crippen LogP contribution in [0, 0.1) is 20.8 Å². The zero-order valence-electron chi connectivity index (χ0n) is 13.9. The standard InChI is InChI=1S/C19H19N3OS/c1-12-4-9-17(13(2)10-12)22-19(23)21-16-7-5-15(6-8-16)18-11-24-14(3)20-18/h4-11H,1-3H3,(H2,21,22,23). The number of rotatable bonds is 3. The fraction of sp³-hybridized carbons (Fsp3) is 0.158. The number of benzene rings is 2. The van der Waals surface area contributed by atoms with Crippen molar-refractivity contribution in [3.8, 4) is 11.3 Å². The van der Waals surface area contributed by atoms with Gasteiger partial charge in [0.25, 0.3) is 0 Å². The van der Waals surface area contributed by atoms with Crippen molar-refractivity contribution in [3.63, 3.8) is 0 Å². The van der Waals surface area contributed by atoms with Gasteiger partial charge < -0.3 is 10.6 Å². The van der Waals surface area contributed by atoms with Gasteiger partial charge in [-0.25, -0.2) is 9.78 Å². The number of aryl methyl sites for hydroxylation is 3. The molecule has 1 aromatic heterocycles. The molecule has 24 heavy (non-hydrogen) atoms. The maximum atomic E-state index is 12.1. The van der Waals surface area contributed by atoms with Crippen molar-refractivity contribution >= 4 is 28.7 Å². The smallest absolute Gasteiger partial charge is 0.308 e. The monoisotopic (exact) mass is 337 g/mol. The highest BCUT2D eigenvalue weighted by molar-refractivity contribution is 7.09. The minimum atomic E-state index is -0.251. The first kappa shape index (κ1) is 16.2. The van der Waals surface area contributed by atoms with E-state index < -0.39 is 0 Å². The summed E-state index contributed by atoms with van der Waals surface area (Å²) >= 11 is 1.63. The maximum Gasteiger partial charge on any atom is 0.323 e. The van der Waals surface area contributed by atoms with Crippen LogP contribution in [-0.2, 0) is 0 Å². The molecule has 2 N–H and O–H groups in total. The second kappa shape index (κ2) is 6.84. The van der Waals surface area contributed by atoms with Crippen LogP contribution in [0.3, 0.4) is 0 Å². The van der Waals surface area contributed by atoms with E-state index in [1.165, 1.54) is 5.56 Å². The number of urea groups is 1. The summed E-state index contributed by atoms with van der Waals surface area (Å²) in [4.78, 5) is 16.6. The predicted molar refractivity (Wildman–Crippen MR) is 101 cm³/mol. The fourth-order valence-electron chi connectivity index (χ4n) is 2.46. The van der Waals surface area contributed by atoms with Crippen LogP contribution in [-0.4, -0.2) is 11.0 Å². The van der Waals surface area contributed by atoms with Gasteiger partial charge in [-0.3, -0.25) is 0 Å². The number of amides is 2. The lowest BCUT2D eigenvalue weighted by Crippen LogP contribution is -2.19. The molecular weight excluding hydrogens is 318 g/mol. The Morgan fingerprint density at radius 2 is 1.75 bits per heavy atom. The van der Waals surface area contributed by atoms with Gasteiger partial charge in [-0.2, -0.15) is 0 Å². The van der Waals surface area contributed by atoms with E-state index in [0.717, 1.165) is 33.2 Å². The lowest BCUT2D eigenvalue weighted by atomic mass is 10.1. The molecule has 0 spiro atoms. The number of carbonyl (C=O) groups is 1. The van der Waals surface area contributed by atoms with Crippen molar-refractivity contribution in [2.45, 2.75) is 20.8 Å². The third-order valence-corrected chi connectivity index (χ3v) is 4.46. The van der Waals surface area contributed by atoms with Gasteiger partial charge in [-0.15, -0.1) is 11.3 Å². The van der Waals surface area contributed by atoms with Gasteiger partial charge in [0.05, 0.1) is 10.7 Å². The molecule has 0 aliphatic heterocycles. The third kappa shape index (κ3) is 3.81. The Morgan fingerprint density at radius 1 is 1.00 bits per heavy atom. The quantitative estimate of drug-likeness (QED) is 0.674. The molecule has 3 aromatic rings. The zero-order chi connectivity index (χ0) is 17.1. The fourth-order valence-corrected chi connectivity index (χ4v) is 3.08. The molecule has 4 nitrogen and oxygen atoms in total. The Balaban J connectivity index is 1.66. The van der Waals surface area contributed by atoms with E-state index >= 15 is 0 Å². The van der Waals surface area contributed by atoms with Crippen molar-refractivity contribution in [2.75, 3.05) is 10.6 Å². The van der Waals surface area contributed by atoms with Crippen molar-refractivity contribution in [1.82, 2.24) is 4.98 Å². The highest BCUT2D eigenvalue weighted by atomic mass is 32.1. The number of nitrogens with zero attached hydrogens (tertiary/aromatic N) is 1. The van der Waals surface area contributed by atoms with Crippen LogP contribution >= 0.6 is 11.3 Å². The summed E-state index contributed by atoms with van der Waals surface area (Å²) in [5, 5.41) is 8.80. The molecule has 2 amide bonds. The predicted octanol–water partition coefficient (Wildman–Crippen LogP) is 5.38.